The molecule has 0 amide bonds. The van der Waals surface area contributed by atoms with Crippen LogP contribution in [0.15, 0.2) is 53.4 Å². The minimum Gasteiger partial charge on any atom is -0.508 e. The molecular weight excluding hydrogens is 268 g/mol. The predicted molar refractivity (Wildman–Crippen MR) is 83.7 cm³/mol. The maximum absolute atomic E-state index is 12.0. The number of thioether (sulfide) groups is 1. The molecule has 0 aliphatic heterocycles. The number of Topliss-reactive ketones (excluding diaryl/α,β-unsaturated/α-hetero) is 1. The number of hydrogen-bond donors (Lipinski definition) is 1. The molecule has 0 spiro atoms. The van der Waals surface area contributed by atoms with Crippen molar-refractivity contribution in [2.75, 3.05) is 5.75 Å². The van der Waals surface area contributed by atoms with Crippen LogP contribution in [0.5, 0.6) is 5.75 Å². The van der Waals surface area contributed by atoms with E-state index in [1.54, 1.807) is 12.1 Å². The second kappa shape index (κ2) is 6.62. The molecule has 2 rings (SSSR count). The van der Waals surface area contributed by atoms with E-state index >= 15 is 0 Å². The van der Waals surface area contributed by atoms with E-state index in [2.05, 4.69) is 38.1 Å². The van der Waals surface area contributed by atoms with Gasteiger partial charge in [0, 0.05) is 10.5 Å². The van der Waals surface area contributed by atoms with Crippen molar-refractivity contribution in [1.82, 2.24) is 0 Å². The lowest BCUT2D eigenvalue weighted by Gasteiger charge is -2.06. The summed E-state index contributed by atoms with van der Waals surface area (Å²) in [5.74, 6) is 1.18. The lowest BCUT2D eigenvalue weighted by atomic mass is 10.0. The quantitative estimate of drug-likeness (QED) is 0.650. The molecule has 3 heteroatoms. The van der Waals surface area contributed by atoms with E-state index in [0.29, 0.717) is 17.2 Å². The summed E-state index contributed by atoms with van der Waals surface area (Å²) in [6.45, 7) is 4.33. The van der Waals surface area contributed by atoms with Gasteiger partial charge in [0.15, 0.2) is 5.78 Å². The van der Waals surface area contributed by atoms with Crippen LogP contribution >= 0.6 is 11.8 Å². The van der Waals surface area contributed by atoms with Gasteiger partial charge >= 0.3 is 0 Å². The molecule has 0 saturated carbocycles. The van der Waals surface area contributed by atoms with Crippen LogP contribution in [-0.4, -0.2) is 16.6 Å². The highest BCUT2D eigenvalue weighted by molar-refractivity contribution is 8.00. The van der Waals surface area contributed by atoms with Gasteiger partial charge in [-0.2, -0.15) is 0 Å². The molecule has 0 heterocycles. The fraction of sp³-hybridized carbons (Fsp3) is 0.235. The monoisotopic (exact) mass is 286 g/mol. The third-order valence-corrected chi connectivity index (χ3v) is 4.12. The number of phenolic OH excluding ortho intramolecular Hbond substituents is 1. The molecule has 0 aliphatic rings. The first kappa shape index (κ1) is 14.7. The maximum atomic E-state index is 12.0. The van der Waals surface area contributed by atoms with Crippen LogP contribution in [0, 0.1) is 0 Å². The van der Waals surface area contributed by atoms with Crippen molar-refractivity contribution in [1.29, 1.82) is 0 Å². The molecule has 1 N–H and O–H groups in total. The van der Waals surface area contributed by atoms with Crippen molar-refractivity contribution in [2.24, 2.45) is 0 Å². The first-order valence-electron chi connectivity index (χ1n) is 6.61. The number of benzene rings is 2. The summed E-state index contributed by atoms with van der Waals surface area (Å²) in [7, 11) is 0. The van der Waals surface area contributed by atoms with Gasteiger partial charge in [0.05, 0.1) is 5.75 Å². The summed E-state index contributed by atoms with van der Waals surface area (Å²) in [4.78, 5) is 13.1. The van der Waals surface area contributed by atoms with Crippen LogP contribution in [0.2, 0.25) is 0 Å². The Morgan fingerprint density at radius 2 is 1.65 bits per heavy atom. The van der Waals surface area contributed by atoms with Gasteiger partial charge in [0.2, 0.25) is 0 Å². The second-order valence-electron chi connectivity index (χ2n) is 4.98. The van der Waals surface area contributed by atoms with Gasteiger partial charge < -0.3 is 5.11 Å². The largest absolute Gasteiger partial charge is 0.508 e. The minimum atomic E-state index is 0.0722. The molecule has 0 radical (unpaired) electrons. The molecular formula is C17H18O2S. The average molecular weight is 286 g/mol. The molecule has 20 heavy (non-hydrogen) atoms. The standard InChI is InChI=1S/C17H18O2S/c1-12(2)13-5-9-16(10-6-13)20-11-17(19)14-3-7-15(18)8-4-14/h3-10,12,18H,11H2,1-2H3. The number of rotatable bonds is 5. The first-order chi connectivity index (χ1) is 9.56. The number of hydrogen-bond acceptors (Lipinski definition) is 3. The van der Waals surface area contributed by atoms with Gasteiger partial charge in [-0.25, -0.2) is 0 Å². The zero-order valence-corrected chi connectivity index (χ0v) is 12.5. The van der Waals surface area contributed by atoms with Crippen molar-refractivity contribution in [3.63, 3.8) is 0 Å². The molecule has 104 valence electrons. The van der Waals surface area contributed by atoms with E-state index in [4.69, 9.17) is 0 Å². The number of ketones is 1. The Labute approximate surface area is 123 Å². The van der Waals surface area contributed by atoms with Crippen molar-refractivity contribution in [2.45, 2.75) is 24.7 Å². The highest BCUT2D eigenvalue weighted by Crippen LogP contribution is 2.23. The highest BCUT2D eigenvalue weighted by Gasteiger charge is 2.07. The summed E-state index contributed by atoms with van der Waals surface area (Å²) in [5.41, 5.74) is 1.94. The summed E-state index contributed by atoms with van der Waals surface area (Å²) in [6.07, 6.45) is 0. The zero-order valence-electron chi connectivity index (χ0n) is 11.7. The van der Waals surface area contributed by atoms with Crippen molar-refractivity contribution in [3.8, 4) is 5.75 Å². The van der Waals surface area contributed by atoms with Crippen LogP contribution in [0.25, 0.3) is 0 Å². The van der Waals surface area contributed by atoms with E-state index in [1.807, 2.05) is 0 Å². The normalized spacial score (nSPS) is 10.8. The van der Waals surface area contributed by atoms with E-state index in [1.165, 1.54) is 29.5 Å². The van der Waals surface area contributed by atoms with Crippen molar-refractivity contribution in [3.05, 3.63) is 59.7 Å². The van der Waals surface area contributed by atoms with E-state index < -0.39 is 0 Å². The summed E-state index contributed by atoms with van der Waals surface area (Å²) < 4.78 is 0. The minimum absolute atomic E-state index is 0.0722. The number of carbonyl (C=O) groups is 1. The molecule has 0 aromatic heterocycles. The highest BCUT2D eigenvalue weighted by atomic mass is 32.2. The third kappa shape index (κ3) is 3.87. The molecule has 0 aliphatic carbocycles. The second-order valence-corrected chi connectivity index (χ2v) is 6.03. The van der Waals surface area contributed by atoms with Crippen LogP contribution in [0.1, 0.15) is 35.7 Å². The molecule has 2 nitrogen and oxygen atoms in total. The van der Waals surface area contributed by atoms with Crippen LogP contribution in [-0.2, 0) is 0 Å². The van der Waals surface area contributed by atoms with Crippen LogP contribution in [0.3, 0.4) is 0 Å². The summed E-state index contributed by atoms with van der Waals surface area (Å²) in [6, 6.07) is 14.7. The van der Waals surface area contributed by atoms with Crippen molar-refractivity contribution < 1.29 is 9.90 Å². The summed E-state index contributed by atoms with van der Waals surface area (Å²) in [5, 5.41) is 9.20. The molecule has 2 aromatic carbocycles. The molecule has 2 aromatic rings. The average Bonchev–Trinajstić information content (AvgIpc) is 2.46. The Hall–Kier alpha value is -1.74. The topological polar surface area (TPSA) is 37.3 Å². The maximum Gasteiger partial charge on any atom is 0.173 e. The van der Waals surface area contributed by atoms with Gasteiger partial charge in [-0.1, -0.05) is 26.0 Å². The van der Waals surface area contributed by atoms with Gasteiger partial charge in [0.25, 0.3) is 0 Å². The fourth-order valence-electron chi connectivity index (χ4n) is 1.83. The Morgan fingerprint density at radius 3 is 2.20 bits per heavy atom. The third-order valence-electron chi connectivity index (χ3n) is 3.11. The number of carbonyl (C=O) groups excluding carboxylic acids is 1. The molecule has 0 saturated heterocycles. The van der Waals surface area contributed by atoms with E-state index in [9.17, 15) is 9.90 Å². The SMILES string of the molecule is CC(C)c1ccc(SCC(=O)c2ccc(O)cc2)cc1. The summed E-state index contributed by atoms with van der Waals surface area (Å²) >= 11 is 1.54. The van der Waals surface area contributed by atoms with E-state index in [-0.39, 0.29) is 11.5 Å². The van der Waals surface area contributed by atoms with Crippen molar-refractivity contribution >= 4 is 17.5 Å². The number of phenols is 1. The molecule has 0 fully saturated rings. The Balaban J connectivity index is 1.94. The lowest BCUT2D eigenvalue weighted by Crippen LogP contribution is -2.01. The Bertz CT molecular complexity index is 571. The Morgan fingerprint density at radius 1 is 1.05 bits per heavy atom. The van der Waals surface area contributed by atoms with Crippen LogP contribution in [0.4, 0.5) is 0 Å². The smallest absolute Gasteiger partial charge is 0.173 e. The first-order valence-corrected chi connectivity index (χ1v) is 7.60. The molecule has 0 unspecified atom stereocenters. The number of aromatic hydroxyl groups is 1. The van der Waals surface area contributed by atoms with Gasteiger partial charge in [-0.15, -0.1) is 11.8 Å². The predicted octanol–water partition coefficient (Wildman–Crippen LogP) is 4.49. The van der Waals surface area contributed by atoms with Crippen LogP contribution < -0.4 is 0 Å². The zero-order chi connectivity index (χ0) is 14.5. The molecule has 0 atom stereocenters. The molecule has 0 bridgehead atoms. The fourth-order valence-corrected chi connectivity index (χ4v) is 2.62. The lowest BCUT2D eigenvalue weighted by molar-refractivity contribution is 0.102. The van der Waals surface area contributed by atoms with E-state index in [0.717, 1.165) is 4.90 Å². The Kier molecular flexibility index (Phi) is 4.85. The van der Waals surface area contributed by atoms with Gasteiger partial charge in [-0.3, -0.25) is 4.79 Å². The van der Waals surface area contributed by atoms with Gasteiger partial charge in [0.1, 0.15) is 5.75 Å². The van der Waals surface area contributed by atoms with Gasteiger partial charge in [-0.05, 0) is 47.9 Å².